The van der Waals surface area contributed by atoms with Crippen molar-refractivity contribution in [3.8, 4) is 11.5 Å². The summed E-state index contributed by atoms with van der Waals surface area (Å²) in [7, 11) is 1.79. The van der Waals surface area contributed by atoms with Crippen molar-refractivity contribution in [2.45, 2.75) is 18.9 Å². The second kappa shape index (κ2) is 7.71. The van der Waals surface area contributed by atoms with Crippen molar-refractivity contribution in [2.24, 2.45) is 0 Å². The van der Waals surface area contributed by atoms with Gasteiger partial charge in [0.1, 0.15) is 5.82 Å². The Labute approximate surface area is 175 Å². The van der Waals surface area contributed by atoms with Crippen LogP contribution in [0.15, 0.2) is 66.9 Å². The molecule has 5 rings (SSSR count). The molecule has 6 nitrogen and oxygen atoms in total. The predicted octanol–water partition coefficient (Wildman–Crippen LogP) is 4.43. The van der Waals surface area contributed by atoms with Crippen molar-refractivity contribution in [3.05, 3.63) is 78.0 Å². The minimum Gasteiger partial charge on any atom is -0.454 e. The summed E-state index contributed by atoms with van der Waals surface area (Å²) in [6.45, 7) is 1.17. The summed E-state index contributed by atoms with van der Waals surface area (Å²) in [4.78, 5) is 21.6. The summed E-state index contributed by atoms with van der Waals surface area (Å²) in [5.74, 6) is 2.35. The number of rotatable bonds is 4. The Bertz CT molecular complexity index is 1070. The lowest BCUT2D eigenvalue weighted by Crippen LogP contribution is -2.27. The highest BCUT2D eigenvalue weighted by molar-refractivity contribution is 6.06. The Morgan fingerprint density at radius 2 is 1.90 bits per heavy atom. The van der Waals surface area contributed by atoms with Crippen LogP contribution >= 0.6 is 0 Å². The fourth-order valence-electron chi connectivity index (χ4n) is 4.18. The zero-order chi connectivity index (χ0) is 20.5. The third-order valence-corrected chi connectivity index (χ3v) is 5.77. The van der Waals surface area contributed by atoms with Crippen molar-refractivity contribution in [1.82, 2.24) is 4.98 Å². The summed E-state index contributed by atoms with van der Waals surface area (Å²) in [6.07, 6.45) is 3.82. The van der Waals surface area contributed by atoms with Crippen LogP contribution in [-0.4, -0.2) is 31.3 Å². The van der Waals surface area contributed by atoms with Crippen LogP contribution in [0.2, 0.25) is 0 Å². The van der Waals surface area contributed by atoms with Gasteiger partial charge in [-0.15, -0.1) is 0 Å². The van der Waals surface area contributed by atoms with Gasteiger partial charge in [-0.25, -0.2) is 4.98 Å². The van der Waals surface area contributed by atoms with Crippen LogP contribution in [0.4, 0.5) is 11.5 Å². The van der Waals surface area contributed by atoms with Crippen LogP contribution in [0.5, 0.6) is 11.5 Å². The molecule has 30 heavy (non-hydrogen) atoms. The number of amides is 1. The SMILES string of the molecule is CN(C(=O)c1ccnc(N2CCCC2c2ccc3c(c2)OCO3)c1)c1ccccc1. The average molecular weight is 401 g/mol. The second-order valence-corrected chi connectivity index (χ2v) is 7.57. The summed E-state index contributed by atoms with van der Waals surface area (Å²) in [6, 6.07) is 19.6. The number of para-hydroxylation sites is 1. The number of fused-ring (bicyclic) bond motifs is 1. The molecular formula is C24H23N3O3. The number of ether oxygens (including phenoxy) is 2. The Balaban J connectivity index is 1.41. The number of hydrogen-bond donors (Lipinski definition) is 0. The van der Waals surface area contributed by atoms with Crippen molar-refractivity contribution >= 4 is 17.4 Å². The molecule has 2 aliphatic rings. The van der Waals surface area contributed by atoms with Gasteiger partial charge >= 0.3 is 0 Å². The van der Waals surface area contributed by atoms with E-state index in [1.54, 1.807) is 24.2 Å². The Morgan fingerprint density at radius 3 is 2.77 bits per heavy atom. The molecule has 1 unspecified atom stereocenters. The molecular weight excluding hydrogens is 378 g/mol. The maximum absolute atomic E-state index is 13.0. The third kappa shape index (κ3) is 3.34. The minimum absolute atomic E-state index is 0.0522. The van der Waals surface area contributed by atoms with E-state index in [1.807, 2.05) is 42.5 Å². The van der Waals surface area contributed by atoms with Crippen LogP contribution in [-0.2, 0) is 0 Å². The zero-order valence-electron chi connectivity index (χ0n) is 16.8. The fraction of sp³-hybridized carbons (Fsp3) is 0.250. The van der Waals surface area contributed by atoms with Crippen LogP contribution in [0.3, 0.4) is 0 Å². The van der Waals surface area contributed by atoms with E-state index in [0.717, 1.165) is 42.4 Å². The largest absolute Gasteiger partial charge is 0.454 e. The summed E-state index contributed by atoms with van der Waals surface area (Å²) in [5, 5.41) is 0. The maximum Gasteiger partial charge on any atom is 0.258 e. The topological polar surface area (TPSA) is 54.9 Å². The van der Waals surface area contributed by atoms with E-state index in [9.17, 15) is 4.79 Å². The number of benzene rings is 2. The van der Waals surface area contributed by atoms with E-state index in [2.05, 4.69) is 22.0 Å². The molecule has 0 bridgehead atoms. The highest BCUT2D eigenvalue weighted by atomic mass is 16.7. The molecule has 0 saturated carbocycles. The standard InChI is InChI=1S/C24H23N3O3/c1-26(19-6-3-2-4-7-19)24(28)18-11-12-25-23(15-18)27-13-5-8-20(27)17-9-10-21-22(14-17)30-16-29-21/h2-4,6-7,9-12,14-15,20H,5,8,13,16H2,1H3. The number of anilines is 2. The molecule has 6 heteroatoms. The first kappa shape index (κ1) is 18.5. The van der Waals surface area contributed by atoms with Crippen molar-refractivity contribution in [2.75, 3.05) is 30.2 Å². The van der Waals surface area contributed by atoms with Gasteiger partial charge in [0.25, 0.3) is 5.91 Å². The Hall–Kier alpha value is -3.54. The van der Waals surface area contributed by atoms with Gasteiger partial charge in [0.15, 0.2) is 11.5 Å². The van der Waals surface area contributed by atoms with E-state index in [0.29, 0.717) is 5.56 Å². The van der Waals surface area contributed by atoms with Gasteiger partial charge in [-0.3, -0.25) is 4.79 Å². The van der Waals surface area contributed by atoms with Crippen LogP contribution in [0, 0.1) is 0 Å². The number of hydrogen-bond acceptors (Lipinski definition) is 5. The van der Waals surface area contributed by atoms with Crippen molar-refractivity contribution in [3.63, 3.8) is 0 Å². The highest BCUT2D eigenvalue weighted by Crippen LogP contribution is 2.40. The molecule has 2 aliphatic heterocycles. The number of pyridine rings is 1. The van der Waals surface area contributed by atoms with E-state index in [-0.39, 0.29) is 18.7 Å². The second-order valence-electron chi connectivity index (χ2n) is 7.57. The minimum atomic E-state index is -0.0522. The lowest BCUT2D eigenvalue weighted by atomic mass is 10.0. The molecule has 0 N–H and O–H groups in total. The van der Waals surface area contributed by atoms with Crippen molar-refractivity contribution < 1.29 is 14.3 Å². The first-order valence-corrected chi connectivity index (χ1v) is 10.2. The smallest absolute Gasteiger partial charge is 0.258 e. The van der Waals surface area contributed by atoms with Gasteiger partial charge in [0.05, 0.1) is 6.04 Å². The highest BCUT2D eigenvalue weighted by Gasteiger charge is 2.29. The van der Waals surface area contributed by atoms with Gasteiger partial charge in [-0.05, 0) is 54.8 Å². The number of aromatic nitrogens is 1. The zero-order valence-corrected chi connectivity index (χ0v) is 16.8. The van der Waals surface area contributed by atoms with Gasteiger partial charge in [0, 0.05) is 31.0 Å². The normalized spacial score (nSPS) is 17.2. The first-order valence-electron chi connectivity index (χ1n) is 10.2. The molecule has 1 atom stereocenters. The molecule has 0 radical (unpaired) electrons. The van der Waals surface area contributed by atoms with E-state index in [4.69, 9.17) is 9.47 Å². The predicted molar refractivity (Wildman–Crippen MR) is 115 cm³/mol. The van der Waals surface area contributed by atoms with Crippen LogP contribution < -0.4 is 19.3 Å². The van der Waals surface area contributed by atoms with E-state index < -0.39 is 0 Å². The summed E-state index contributed by atoms with van der Waals surface area (Å²) < 4.78 is 11.0. The number of carbonyl (C=O) groups excluding carboxylic acids is 1. The molecule has 2 aromatic carbocycles. The van der Waals surface area contributed by atoms with Gasteiger partial charge in [0.2, 0.25) is 6.79 Å². The van der Waals surface area contributed by atoms with Crippen LogP contribution in [0.25, 0.3) is 0 Å². The van der Waals surface area contributed by atoms with Gasteiger partial charge in [-0.2, -0.15) is 0 Å². The first-order chi connectivity index (χ1) is 14.7. The van der Waals surface area contributed by atoms with Gasteiger partial charge in [-0.1, -0.05) is 24.3 Å². The summed E-state index contributed by atoms with van der Waals surface area (Å²) >= 11 is 0. The monoisotopic (exact) mass is 401 g/mol. The molecule has 3 heterocycles. The summed E-state index contributed by atoms with van der Waals surface area (Å²) in [5.41, 5.74) is 2.67. The van der Waals surface area contributed by atoms with Gasteiger partial charge < -0.3 is 19.3 Å². The third-order valence-electron chi connectivity index (χ3n) is 5.77. The molecule has 1 saturated heterocycles. The van der Waals surface area contributed by atoms with Crippen molar-refractivity contribution in [1.29, 1.82) is 0 Å². The molecule has 1 fully saturated rings. The fourth-order valence-corrected chi connectivity index (χ4v) is 4.18. The molecule has 152 valence electrons. The Kier molecular flexibility index (Phi) is 4.75. The van der Waals surface area contributed by atoms with E-state index in [1.165, 1.54) is 5.56 Å². The maximum atomic E-state index is 13.0. The molecule has 0 spiro atoms. The lowest BCUT2D eigenvalue weighted by Gasteiger charge is -2.27. The quantitative estimate of drug-likeness (QED) is 0.647. The number of nitrogens with zero attached hydrogens (tertiary/aromatic N) is 3. The number of carbonyl (C=O) groups is 1. The molecule has 1 aromatic heterocycles. The molecule has 3 aromatic rings. The molecule has 1 amide bonds. The molecule has 0 aliphatic carbocycles. The van der Waals surface area contributed by atoms with Crippen LogP contribution in [0.1, 0.15) is 34.8 Å². The van der Waals surface area contributed by atoms with E-state index >= 15 is 0 Å². The average Bonchev–Trinajstić information content (AvgIpc) is 3.48. The lowest BCUT2D eigenvalue weighted by molar-refractivity contribution is 0.0993. The Morgan fingerprint density at radius 1 is 1.07 bits per heavy atom.